The largest absolute Gasteiger partial charge is 0.487 e. The molecule has 0 aliphatic carbocycles. The molecule has 182 valence electrons. The fraction of sp³-hybridized carbons (Fsp3) is 0.240. The Morgan fingerprint density at radius 1 is 1.17 bits per heavy atom. The summed E-state index contributed by atoms with van der Waals surface area (Å²) in [5.41, 5.74) is 0.999. The second-order valence-corrected chi connectivity index (χ2v) is 7.92. The van der Waals surface area contributed by atoms with Gasteiger partial charge < -0.3 is 14.0 Å². The molecule has 1 unspecified atom stereocenters. The Balaban J connectivity index is 1.40. The first-order valence-electron chi connectivity index (χ1n) is 10.7. The standard InChI is InChI=1S/C25H21F3N2O5/c1-15(30-22(31)13-23(32)35-30)6-7-17-4-3-5-20(12-17)33-14-21-16(2)34-24(29-21)18-8-10-19(11-9-18)25(26,27)28/h3-12,15H,13-14H2,1-2H3/b7-6+. The molecule has 35 heavy (non-hydrogen) atoms. The van der Waals surface area contributed by atoms with Crippen molar-refractivity contribution in [1.29, 1.82) is 0 Å². The highest BCUT2D eigenvalue weighted by molar-refractivity contribution is 5.98. The van der Waals surface area contributed by atoms with Gasteiger partial charge in [0.25, 0.3) is 5.91 Å². The number of benzene rings is 2. The SMILES string of the molecule is Cc1oc(-c2ccc(C(F)(F)F)cc2)nc1COc1cccc(/C=C/C(C)N2OC(=O)CC2=O)c1. The lowest BCUT2D eigenvalue weighted by atomic mass is 10.1. The van der Waals surface area contributed by atoms with Crippen molar-refractivity contribution in [1.82, 2.24) is 10.0 Å². The van der Waals surface area contributed by atoms with Crippen LogP contribution in [0.1, 0.15) is 35.9 Å². The van der Waals surface area contributed by atoms with E-state index in [2.05, 4.69) is 4.98 Å². The lowest BCUT2D eigenvalue weighted by molar-refractivity contribution is -0.182. The molecule has 7 nitrogen and oxygen atoms in total. The van der Waals surface area contributed by atoms with Gasteiger partial charge in [-0.1, -0.05) is 24.3 Å². The van der Waals surface area contributed by atoms with E-state index < -0.39 is 23.8 Å². The smallest absolute Gasteiger partial charge is 0.416 e. The lowest BCUT2D eigenvalue weighted by Gasteiger charge is -2.17. The van der Waals surface area contributed by atoms with Crippen molar-refractivity contribution in [2.45, 2.75) is 39.1 Å². The molecular weight excluding hydrogens is 465 g/mol. The van der Waals surface area contributed by atoms with Crippen LogP contribution in [0.4, 0.5) is 13.2 Å². The van der Waals surface area contributed by atoms with Gasteiger partial charge in [-0.05, 0) is 55.8 Å². The number of hydroxylamine groups is 2. The van der Waals surface area contributed by atoms with E-state index in [1.807, 2.05) is 6.07 Å². The van der Waals surface area contributed by atoms with E-state index in [1.54, 1.807) is 44.2 Å². The number of hydrogen-bond donors (Lipinski definition) is 0. The highest BCUT2D eigenvalue weighted by Crippen LogP contribution is 2.31. The van der Waals surface area contributed by atoms with Crippen molar-refractivity contribution in [2.24, 2.45) is 0 Å². The first-order chi connectivity index (χ1) is 16.6. The first kappa shape index (κ1) is 24.1. The van der Waals surface area contributed by atoms with Gasteiger partial charge in [0.15, 0.2) is 0 Å². The molecule has 4 rings (SSSR count). The molecule has 1 atom stereocenters. The number of aromatic nitrogens is 1. The van der Waals surface area contributed by atoms with Crippen molar-refractivity contribution in [3.8, 4) is 17.2 Å². The Labute approximate surface area is 198 Å². The van der Waals surface area contributed by atoms with Crippen LogP contribution in [0, 0.1) is 6.92 Å². The van der Waals surface area contributed by atoms with Crippen LogP contribution in [0.3, 0.4) is 0 Å². The molecule has 10 heteroatoms. The number of carbonyl (C=O) groups is 2. The number of aryl methyl sites for hydroxylation is 1. The Bertz CT molecular complexity index is 1260. The number of oxazole rings is 1. The second-order valence-electron chi connectivity index (χ2n) is 7.92. The summed E-state index contributed by atoms with van der Waals surface area (Å²) in [7, 11) is 0. The average Bonchev–Trinajstić information content (AvgIpc) is 3.36. The molecule has 1 fully saturated rings. The summed E-state index contributed by atoms with van der Waals surface area (Å²) in [4.78, 5) is 32.3. The summed E-state index contributed by atoms with van der Waals surface area (Å²) in [6.45, 7) is 3.53. The summed E-state index contributed by atoms with van der Waals surface area (Å²) >= 11 is 0. The Hall–Kier alpha value is -4.08. The first-order valence-corrected chi connectivity index (χ1v) is 10.7. The van der Waals surface area contributed by atoms with Gasteiger partial charge in [-0.2, -0.15) is 18.2 Å². The van der Waals surface area contributed by atoms with Gasteiger partial charge in [0, 0.05) is 5.56 Å². The molecule has 1 aromatic heterocycles. The van der Waals surface area contributed by atoms with Gasteiger partial charge in [0.05, 0.1) is 11.6 Å². The van der Waals surface area contributed by atoms with Crippen LogP contribution >= 0.6 is 0 Å². The topological polar surface area (TPSA) is 81.9 Å². The maximum absolute atomic E-state index is 12.8. The van der Waals surface area contributed by atoms with E-state index in [-0.39, 0.29) is 24.8 Å². The molecule has 0 radical (unpaired) electrons. The third-order valence-corrected chi connectivity index (χ3v) is 5.26. The van der Waals surface area contributed by atoms with Gasteiger partial charge in [0.1, 0.15) is 30.2 Å². The van der Waals surface area contributed by atoms with Crippen molar-refractivity contribution in [2.75, 3.05) is 0 Å². The Morgan fingerprint density at radius 2 is 1.91 bits per heavy atom. The number of rotatable bonds is 7. The van der Waals surface area contributed by atoms with Crippen LogP contribution in [0.15, 0.2) is 59.0 Å². The molecule has 0 N–H and O–H groups in total. The minimum atomic E-state index is -4.41. The third kappa shape index (κ3) is 5.71. The van der Waals surface area contributed by atoms with Gasteiger partial charge >= 0.3 is 12.1 Å². The summed E-state index contributed by atoms with van der Waals surface area (Å²) in [5.74, 6) is 0.298. The zero-order valence-electron chi connectivity index (χ0n) is 18.8. The molecule has 2 heterocycles. The Kier molecular flexibility index (Phi) is 6.63. The molecule has 3 aromatic rings. The van der Waals surface area contributed by atoms with E-state index in [4.69, 9.17) is 14.0 Å². The van der Waals surface area contributed by atoms with Crippen molar-refractivity contribution in [3.05, 3.63) is 77.2 Å². The predicted octanol–water partition coefficient (Wildman–Crippen LogP) is 5.34. The summed E-state index contributed by atoms with van der Waals surface area (Å²) in [6, 6.07) is 11.3. The molecule has 1 amide bonds. The molecule has 0 saturated carbocycles. The lowest BCUT2D eigenvalue weighted by Crippen LogP contribution is -2.31. The number of halogens is 3. The molecule has 0 bridgehead atoms. The van der Waals surface area contributed by atoms with Crippen LogP contribution < -0.4 is 4.74 Å². The number of amides is 1. The average molecular weight is 486 g/mol. The maximum atomic E-state index is 12.8. The molecule has 1 aliphatic rings. The van der Waals surface area contributed by atoms with Crippen molar-refractivity contribution >= 4 is 18.0 Å². The minimum Gasteiger partial charge on any atom is -0.487 e. The monoisotopic (exact) mass is 486 g/mol. The van der Waals surface area contributed by atoms with Gasteiger partial charge in [-0.3, -0.25) is 4.79 Å². The van der Waals surface area contributed by atoms with E-state index in [0.29, 0.717) is 22.8 Å². The second kappa shape index (κ2) is 9.65. The van der Waals surface area contributed by atoms with E-state index in [1.165, 1.54) is 12.1 Å². The van der Waals surface area contributed by atoms with Crippen LogP contribution in [0.25, 0.3) is 17.5 Å². The predicted molar refractivity (Wildman–Crippen MR) is 119 cm³/mol. The summed E-state index contributed by atoms with van der Waals surface area (Å²) in [5, 5.41) is 1.04. The van der Waals surface area contributed by atoms with Crippen molar-refractivity contribution in [3.63, 3.8) is 0 Å². The summed E-state index contributed by atoms with van der Waals surface area (Å²) < 4.78 is 49.8. The summed E-state index contributed by atoms with van der Waals surface area (Å²) in [6.07, 6.45) is -1.16. The number of carbonyl (C=O) groups excluding carboxylic acids is 2. The molecule has 0 spiro atoms. The number of ether oxygens (including phenoxy) is 1. The molecule has 1 aliphatic heterocycles. The van der Waals surface area contributed by atoms with Gasteiger partial charge in [0.2, 0.25) is 5.89 Å². The number of hydrogen-bond acceptors (Lipinski definition) is 6. The molecule has 2 aromatic carbocycles. The highest BCUT2D eigenvalue weighted by Gasteiger charge is 2.32. The van der Waals surface area contributed by atoms with E-state index >= 15 is 0 Å². The zero-order chi connectivity index (χ0) is 25.2. The van der Waals surface area contributed by atoms with E-state index in [9.17, 15) is 22.8 Å². The van der Waals surface area contributed by atoms with Gasteiger partial charge in [-0.25, -0.2) is 9.78 Å². The fourth-order valence-corrected chi connectivity index (χ4v) is 3.38. The molecular formula is C25H21F3N2O5. The van der Waals surface area contributed by atoms with Crippen LogP contribution in [-0.2, 0) is 27.2 Å². The zero-order valence-corrected chi connectivity index (χ0v) is 18.8. The van der Waals surface area contributed by atoms with Gasteiger partial charge in [-0.15, -0.1) is 0 Å². The number of alkyl halides is 3. The Morgan fingerprint density at radius 3 is 2.57 bits per heavy atom. The highest BCUT2D eigenvalue weighted by atomic mass is 19.4. The quantitative estimate of drug-likeness (QED) is 0.420. The number of nitrogens with zero attached hydrogens (tertiary/aromatic N) is 2. The third-order valence-electron chi connectivity index (χ3n) is 5.26. The van der Waals surface area contributed by atoms with E-state index in [0.717, 1.165) is 22.8 Å². The molecule has 1 saturated heterocycles. The maximum Gasteiger partial charge on any atom is 0.416 e. The minimum absolute atomic E-state index is 0.0950. The van der Waals surface area contributed by atoms with Crippen LogP contribution in [-0.4, -0.2) is 28.0 Å². The van der Waals surface area contributed by atoms with Crippen LogP contribution in [0.5, 0.6) is 5.75 Å². The van der Waals surface area contributed by atoms with Crippen molar-refractivity contribution < 1.29 is 36.8 Å². The fourth-order valence-electron chi connectivity index (χ4n) is 3.38. The normalized spacial score (nSPS) is 15.1. The van der Waals surface area contributed by atoms with Crippen LogP contribution in [0.2, 0.25) is 0 Å².